The third-order valence-corrected chi connectivity index (χ3v) is 5.02. The number of halogens is 1. The fraction of sp³-hybridized carbons (Fsp3) is 0.250. The summed E-state index contributed by atoms with van der Waals surface area (Å²) in [5.41, 5.74) is 2.15. The molecule has 0 fully saturated rings. The van der Waals surface area contributed by atoms with Crippen LogP contribution in [0.4, 0.5) is 0 Å². The maximum Gasteiger partial charge on any atom is 0.212 e. The van der Waals surface area contributed by atoms with Gasteiger partial charge in [0.2, 0.25) is 5.16 Å². The quantitative estimate of drug-likeness (QED) is 0.278. The molecule has 27 heavy (non-hydrogen) atoms. The minimum atomic E-state index is 0.735. The van der Waals surface area contributed by atoms with Crippen LogP contribution in [0.1, 0.15) is 30.9 Å². The molecule has 0 saturated carbocycles. The van der Waals surface area contributed by atoms with Crippen LogP contribution in [0.15, 0.2) is 65.1 Å². The van der Waals surface area contributed by atoms with Crippen molar-refractivity contribution in [2.24, 2.45) is 5.10 Å². The summed E-state index contributed by atoms with van der Waals surface area (Å²) in [6.07, 6.45) is 5.57. The maximum atomic E-state index is 5.92. The standard InChI is InChI=1S/C20H21ClN4OS/c1-2-3-12-26-19-10-6-16(7-11-19)13-23-25-15-22-24-20(25)27-14-17-4-8-18(21)9-5-17/h4-11,13,15H,2-3,12,14H2,1H3/b23-13+. The Bertz CT molecular complexity index is 862. The number of nitrogens with zero attached hydrogens (tertiary/aromatic N) is 4. The van der Waals surface area contributed by atoms with E-state index in [0.717, 1.165) is 46.7 Å². The van der Waals surface area contributed by atoms with Crippen LogP contribution in [0, 0.1) is 0 Å². The molecule has 7 heteroatoms. The summed E-state index contributed by atoms with van der Waals surface area (Å²) in [4.78, 5) is 0. The van der Waals surface area contributed by atoms with Crippen LogP contribution in [-0.4, -0.2) is 27.7 Å². The molecule has 0 aliphatic carbocycles. The molecular formula is C20H21ClN4OS. The van der Waals surface area contributed by atoms with Crippen molar-refractivity contribution in [3.05, 3.63) is 71.0 Å². The normalized spacial score (nSPS) is 11.2. The van der Waals surface area contributed by atoms with Crippen molar-refractivity contribution in [3.63, 3.8) is 0 Å². The van der Waals surface area contributed by atoms with Crippen molar-refractivity contribution in [2.75, 3.05) is 6.61 Å². The van der Waals surface area contributed by atoms with Gasteiger partial charge in [-0.3, -0.25) is 0 Å². The lowest BCUT2D eigenvalue weighted by molar-refractivity contribution is 0.309. The molecule has 0 radical (unpaired) electrons. The Morgan fingerprint density at radius 1 is 1.15 bits per heavy atom. The SMILES string of the molecule is CCCCOc1ccc(/C=N/n2cnnc2SCc2ccc(Cl)cc2)cc1. The Labute approximate surface area is 168 Å². The zero-order chi connectivity index (χ0) is 18.9. The molecule has 0 aliphatic rings. The molecule has 1 heterocycles. The van der Waals surface area contributed by atoms with E-state index in [9.17, 15) is 0 Å². The van der Waals surface area contributed by atoms with Crippen LogP contribution in [0.3, 0.4) is 0 Å². The first kappa shape index (κ1) is 19.5. The second kappa shape index (κ2) is 10.1. The molecule has 0 aliphatic heterocycles. The molecule has 0 N–H and O–H groups in total. The van der Waals surface area contributed by atoms with Crippen molar-refractivity contribution >= 4 is 29.6 Å². The molecule has 0 spiro atoms. The Hall–Kier alpha value is -2.31. The number of thioether (sulfide) groups is 1. The van der Waals surface area contributed by atoms with E-state index in [1.54, 1.807) is 29.0 Å². The second-order valence-corrected chi connectivity index (χ2v) is 7.27. The van der Waals surface area contributed by atoms with Gasteiger partial charge in [0.05, 0.1) is 12.8 Å². The van der Waals surface area contributed by atoms with Gasteiger partial charge in [-0.2, -0.15) is 9.78 Å². The van der Waals surface area contributed by atoms with E-state index in [4.69, 9.17) is 16.3 Å². The van der Waals surface area contributed by atoms with Gasteiger partial charge in [0.15, 0.2) is 0 Å². The Balaban J connectivity index is 1.57. The second-order valence-electron chi connectivity index (χ2n) is 5.89. The lowest BCUT2D eigenvalue weighted by atomic mass is 10.2. The highest BCUT2D eigenvalue weighted by molar-refractivity contribution is 7.98. The summed E-state index contributed by atoms with van der Waals surface area (Å²) < 4.78 is 7.34. The average molecular weight is 401 g/mol. The maximum absolute atomic E-state index is 5.92. The van der Waals surface area contributed by atoms with Gasteiger partial charge >= 0.3 is 0 Å². The van der Waals surface area contributed by atoms with E-state index in [1.807, 2.05) is 48.5 Å². The highest BCUT2D eigenvalue weighted by Gasteiger charge is 2.04. The van der Waals surface area contributed by atoms with Crippen molar-refractivity contribution in [1.82, 2.24) is 14.9 Å². The van der Waals surface area contributed by atoms with Gasteiger partial charge < -0.3 is 4.74 Å². The molecule has 0 saturated heterocycles. The number of ether oxygens (including phenoxy) is 1. The number of hydrogen-bond acceptors (Lipinski definition) is 5. The fourth-order valence-electron chi connectivity index (χ4n) is 2.24. The van der Waals surface area contributed by atoms with Gasteiger partial charge in [0.25, 0.3) is 0 Å². The van der Waals surface area contributed by atoms with Crippen LogP contribution < -0.4 is 4.74 Å². The lowest BCUT2D eigenvalue weighted by Gasteiger charge is -2.05. The first-order valence-corrected chi connectivity index (χ1v) is 10.2. The third kappa shape index (κ3) is 6.12. The molecule has 140 valence electrons. The molecule has 1 aromatic heterocycles. The Morgan fingerprint density at radius 2 is 1.93 bits per heavy atom. The lowest BCUT2D eigenvalue weighted by Crippen LogP contribution is -1.96. The molecular weight excluding hydrogens is 380 g/mol. The number of aromatic nitrogens is 3. The fourth-order valence-corrected chi connectivity index (χ4v) is 3.18. The topological polar surface area (TPSA) is 52.3 Å². The Kier molecular flexibility index (Phi) is 7.30. The predicted molar refractivity (Wildman–Crippen MR) is 111 cm³/mol. The van der Waals surface area contributed by atoms with Crippen molar-refractivity contribution in [1.29, 1.82) is 0 Å². The van der Waals surface area contributed by atoms with Crippen LogP contribution in [0.5, 0.6) is 5.75 Å². The Morgan fingerprint density at radius 3 is 2.67 bits per heavy atom. The largest absolute Gasteiger partial charge is 0.494 e. The number of unbranched alkanes of at least 4 members (excludes halogenated alkanes) is 1. The third-order valence-electron chi connectivity index (χ3n) is 3.76. The summed E-state index contributed by atoms with van der Waals surface area (Å²) in [5.74, 6) is 1.65. The summed E-state index contributed by atoms with van der Waals surface area (Å²) in [6.45, 7) is 2.90. The minimum Gasteiger partial charge on any atom is -0.494 e. The molecule has 3 aromatic rings. The van der Waals surface area contributed by atoms with Crippen molar-refractivity contribution in [3.8, 4) is 5.75 Å². The van der Waals surface area contributed by atoms with E-state index < -0.39 is 0 Å². The van der Waals surface area contributed by atoms with Crippen LogP contribution >= 0.6 is 23.4 Å². The molecule has 3 rings (SSSR count). The highest BCUT2D eigenvalue weighted by atomic mass is 35.5. The van der Waals surface area contributed by atoms with E-state index in [2.05, 4.69) is 22.2 Å². The van der Waals surface area contributed by atoms with Gasteiger partial charge in [0.1, 0.15) is 12.1 Å². The summed E-state index contributed by atoms with van der Waals surface area (Å²) >= 11 is 7.49. The van der Waals surface area contributed by atoms with Crippen LogP contribution in [-0.2, 0) is 5.75 Å². The number of rotatable bonds is 9. The van der Waals surface area contributed by atoms with Gasteiger partial charge in [-0.05, 0) is 53.9 Å². The predicted octanol–water partition coefficient (Wildman–Crippen LogP) is 5.28. The molecule has 5 nitrogen and oxygen atoms in total. The number of benzene rings is 2. The van der Waals surface area contributed by atoms with Crippen molar-refractivity contribution in [2.45, 2.75) is 30.7 Å². The molecule has 0 amide bonds. The molecule has 0 atom stereocenters. The van der Waals surface area contributed by atoms with Crippen molar-refractivity contribution < 1.29 is 4.74 Å². The molecule has 2 aromatic carbocycles. The van der Waals surface area contributed by atoms with Gasteiger partial charge in [-0.25, -0.2) is 0 Å². The summed E-state index contributed by atoms with van der Waals surface area (Å²) in [7, 11) is 0. The van der Waals surface area contributed by atoms with E-state index in [1.165, 1.54) is 5.56 Å². The minimum absolute atomic E-state index is 0.735. The first-order valence-electron chi connectivity index (χ1n) is 8.79. The summed E-state index contributed by atoms with van der Waals surface area (Å²) in [5, 5.41) is 14.0. The molecule has 0 bridgehead atoms. The monoisotopic (exact) mass is 400 g/mol. The van der Waals surface area contributed by atoms with Crippen LogP contribution in [0.2, 0.25) is 5.02 Å². The van der Waals surface area contributed by atoms with Gasteiger partial charge in [-0.1, -0.05) is 48.8 Å². The van der Waals surface area contributed by atoms with E-state index in [-0.39, 0.29) is 0 Å². The summed E-state index contributed by atoms with van der Waals surface area (Å²) in [6, 6.07) is 15.7. The number of hydrogen-bond donors (Lipinski definition) is 0. The van der Waals surface area contributed by atoms with Gasteiger partial charge in [-0.15, -0.1) is 10.2 Å². The highest BCUT2D eigenvalue weighted by Crippen LogP contribution is 2.21. The van der Waals surface area contributed by atoms with E-state index in [0.29, 0.717) is 0 Å². The zero-order valence-electron chi connectivity index (χ0n) is 15.1. The average Bonchev–Trinajstić information content (AvgIpc) is 3.14. The first-order chi connectivity index (χ1) is 13.2. The zero-order valence-corrected chi connectivity index (χ0v) is 16.7. The molecule has 0 unspecified atom stereocenters. The van der Waals surface area contributed by atoms with E-state index >= 15 is 0 Å². The van der Waals surface area contributed by atoms with Gasteiger partial charge in [0, 0.05) is 10.8 Å². The van der Waals surface area contributed by atoms with Crippen LogP contribution in [0.25, 0.3) is 0 Å². The smallest absolute Gasteiger partial charge is 0.212 e.